The fourth-order valence-corrected chi connectivity index (χ4v) is 2.02. The summed E-state index contributed by atoms with van der Waals surface area (Å²) >= 11 is 5.99. The third kappa shape index (κ3) is 4.29. The fourth-order valence-electron chi connectivity index (χ4n) is 1.85. The lowest BCUT2D eigenvalue weighted by molar-refractivity contribution is -0.123. The molecule has 0 spiro atoms. The van der Waals surface area contributed by atoms with Gasteiger partial charge in [-0.3, -0.25) is 4.79 Å². The van der Waals surface area contributed by atoms with E-state index in [1.165, 1.54) is 19.1 Å². The zero-order valence-corrected chi connectivity index (χ0v) is 13.4. The summed E-state index contributed by atoms with van der Waals surface area (Å²) in [6.45, 7) is 3.23. The molecule has 2 aromatic rings. The second-order valence-electron chi connectivity index (χ2n) is 4.96. The van der Waals surface area contributed by atoms with Crippen LogP contribution < -0.4 is 5.32 Å². The van der Waals surface area contributed by atoms with E-state index in [0.29, 0.717) is 10.7 Å². The van der Waals surface area contributed by atoms with Crippen molar-refractivity contribution in [2.45, 2.75) is 20.0 Å². The van der Waals surface area contributed by atoms with E-state index in [1.54, 1.807) is 25.1 Å². The molecule has 6 heteroatoms. The first-order valence-electron chi connectivity index (χ1n) is 6.91. The molecule has 0 saturated carbocycles. The third-order valence-corrected chi connectivity index (χ3v) is 3.67. The van der Waals surface area contributed by atoms with Crippen LogP contribution in [0.5, 0.6) is 0 Å². The number of ether oxygens (including phenoxy) is 1. The van der Waals surface area contributed by atoms with Crippen LogP contribution in [0, 0.1) is 12.7 Å². The maximum Gasteiger partial charge on any atom is 0.338 e. The number of amides is 1. The van der Waals surface area contributed by atoms with Crippen molar-refractivity contribution in [1.29, 1.82) is 0 Å². The van der Waals surface area contributed by atoms with E-state index in [2.05, 4.69) is 5.32 Å². The maximum atomic E-state index is 12.8. The predicted molar refractivity (Wildman–Crippen MR) is 86.1 cm³/mol. The van der Waals surface area contributed by atoms with Gasteiger partial charge >= 0.3 is 5.97 Å². The van der Waals surface area contributed by atoms with Gasteiger partial charge in [0.2, 0.25) is 0 Å². The van der Waals surface area contributed by atoms with Crippen LogP contribution in [0.25, 0.3) is 0 Å². The molecule has 0 radical (unpaired) electrons. The minimum absolute atomic E-state index is 0.171. The molecule has 0 bridgehead atoms. The lowest BCUT2D eigenvalue weighted by atomic mass is 10.2. The minimum Gasteiger partial charge on any atom is -0.449 e. The maximum absolute atomic E-state index is 12.8. The van der Waals surface area contributed by atoms with E-state index in [4.69, 9.17) is 16.3 Å². The Balaban J connectivity index is 2.01. The van der Waals surface area contributed by atoms with Gasteiger partial charge in [-0.2, -0.15) is 0 Å². The second kappa shape index (κ2) is 7.24. The highest BCUT2D eigenvalue weighted by molar-refractivity contribution is 6.31. The van der Waals surface area contributed by atoms with Crippen molar-refractivity contribution in [3.05, 3.63) is 64.4 Å². The van der Waals surface area contributed by atoms with Crippen LogP contribution in [0.2, 0.25) is 5.02 Å². The number of hydrogen-bond acceptors (Lipinski definition) is 3. The highest BCUT2D eigenvalue weighted by Crippen LogP contribution is 2.23. The Bertz CT molecular complexity index is 731. The van der Waals surface area contributed by atoms with Crippen molar-refractivity contribution >= 4 is 29.2 Å². The molecule has 1 unspecified atom stereocenters. The average Bonchev–Trinajstić information content (AvgIpc) is 2.52. The predicted octanol–water partition coefficient (Wildman–Crippen LogP) is 3.97. The van der Waals surface area contributed by atoms with Gasteiger partial charge in [0.05, 0.1) is 5.56 Å². The minimum atomic E-state index is -1.01. The Morgan fingerprint density at radius 2 is 1.83 bits per heavy atom. The number of halogens is 2. The summed E-state index contributed by atoms with van der Waals surface area (Å²) < 4.78 is 17.9. The first-order chi connectivity index (χ1) is 10.9. The summed E-state index contributed by atoms with van der Waals surface area (Å²) in [5.74, 6) is -1.63. The topological polar surface area (TPSA) is 55.4 Å². The number of esters is 1. The van der Waals surface area contributed by atoms with Gasteiger partial charge < -0.3 is 10.1 Å². The van der Waals surface area contributed by atoms with Crippen molar-refractivity contribution < 1.29 is 18.7 Å². The molecule has 1 N–H and O–H groups in total. The van der Waals surface area contributed by atoms with Gasteiger partial charge in [0, 0.05) is 10.7 Å². The number of carbonyl (C=O) groups excluding carboxylic acids is 2. The lowest BCUT2D eigenvalue weighted by Gasteiger charge is -2.15. The molecule has 4 nitrogen and oxygen atoms in total. The van der Waals surface area contributed by atoms with Gasteiger partial charge in [-0.25, -0.2) is 9.18 Å². The Hall–Kier alpha value is -2.40. The molecule has 0 aliphatic carbocycles. The van der Waals surface area contributed by atoms with Gasteiger partial charge in [0.25, 0.3) is 5.91 Å². The van der Waals surface area contributed by atoms with E-state index >= 15 is 0 Å². The first-order valence-corrected chi connectivity index (χ1v) is 7.29. The van der Waals surface area contributed by atoms with Crippen LogP contribution in [0.15, 0.2) is 42.5 Å². The number of rotatable bonds is 4. The monoisotopic (exact) mass is 335 g/mol. The summed E-state index contributed by atoms with van der Waals surface area (Å²) in [4.78, 5) is 24.0. The van der Waals surface area contributed by atoms with Gasteiger partial charge in [-0.05, 0) is 55.8 Å². The van der Waals surface area contributed by atoms with Crippen molar-refractivity contribution in [2.75, 3.05) is 5.32 Å². The zero-order valence-electron chi connectivity index (χ0n) is 12.6. The zero-order chi connectivity index (χ0) is 17.0. The van der Waals surface area contributed by atoms with Gasteiger partial charge in [-0.15, -0.1) is 0 Å². The van der Waals surface area contributed by atoms with Crippen molar-refractivity contribution in [2.24, 2.45) is 0 Å². The van der Waals surface area contributed by atoms with E-state index in [0.717, 1.165) is 17.7 Å². The standard InChI is InChI=1S/C17H15ClFNO3/c1-10-14(18)4-3-5-15(10)20-16(21)11(2)23-17(22)12-6-8-13(19)9-7-12/h3-9,11H,1-2H3,(H,20,21). The van der Waals surface area contributed by atoms with Crippen molar-refractivity contribution in [1.82, 2.24) is 0 Å². The number of benzene rings is 2. The Morgan fingerprint density at radius 1 is 1.17 bits per heavy atom. The number of anilines is 1. The SMILES string of the molecule is Cc1c(Cl)cccc1NC(=O)C(C)OC(=O)c1ccc(F)cc1. The molecular weight excluding hydrogens is 321 g/mol. The third-order valence-electron chi connectivity index (χ3n) is 3.26. The smallest absolute Gasteiger partial charge is 0.338 e. The van der Waals surface area contributed by atoms with Crippen LogP contribution in [0.1, 0.15) is 22.8 Å². The molecule has 0 aliphatic rings. The molecule has 2 rings (SSSR count). The molecule has 0 saturated heterocycles. The van der Waals surface area contributed by atoms with Crippen LogP contribution in [-0.2, 0) is 9.53 Å². The quantitative estimate of drug-likeness (QED) is 0.860. The largest absolute Gasteiger partial charge is 0.449 e. The van der Waals surface area contributed by atoms with E-state index in [9.17, 15) is 14.0 Å². The van der Waals surface area contributed by atoms with Gasteiger partial charge in [0.15, 0.2) is 6.10 Å². The van der Waals surface area contributed by atoms with Gasteiger partial charge in [-0.1, -0.05) is 17.7 Å². The van der Waals surface area contributed by atoms with Gasteiger partial charge in [0.1, 0.15) is 5.82 Å². The Labute approximate surface area is 138 Å². The van der Waals surface area contributed by atoms with Crippen molar-refractivity contribution in [3.63, 3.8) is 0 Å². The summed E-state index contributed by atoms with van der Waals surface area (Å²) in [7, 11) is 0. The highest BCUT2D eigenvalue weighted by Gasteiger charge is 2.19. The van der Waals surface area contributed by atoms with Crippen LogP contribution in [0.3, 0.4) is 0 Å². The van der Waals surface area contributed by atoms with Crippen molar-refractivity contribution in [3.8, 4) is 0 Å². The molecule has 1 amide bonds. The fraction of sp³-hybridized carbons (Fsp3) is 0.176. The van der Waals surface area contributed by atoms with Crippen LogP contribution in [0.4, 0.5) is 10.1 Å². The van der Waals surface area contributed by atoms with Crippen LogP contribution in [-0.4, -0.2) is 18.0 Å². The Kier molecular flexibility index (Phi) is 5.34. The lowest BCUT2D eigenvalue weighted by Crippen LogP contribution is -2.30. The highest BCUT2D eigenvalue weighted by atomic mass is 35.5. The van der Waals surface area contributed by atoms with Crippen LogP contribution >= 0.6 is 11.6 Å². The molecule has 1 atom stereocenters. The summed E-state index contributed by atoms with van der Waals surface area (Å²) in [5, 5.41) is 3.18. The first kappa shape index (κ1) is 17.0. The molecule has 2 aromatic carbocycles. The summed E-state index contributed by atoms with van der Waals surface area (Å²) in [5.41, 5.74) is 1.44. The molecule has 23 heavy (non-hydrogen) atoms. The molecule has 0 aliphatic heterocycles. The summed E-state index contributed by atoms with van der Waals surface area (Å²) in [6, 6.07) is 10.0. The molecule has 0 heterocycles. The summed E-state index contributed by atoms with van der Waals surface area (Å²) in [6.07, 6.45) is -1.01. The van der Waals surface area contributed by atoms with E-state index < -0.39 is 23.8 Å². The van der Waals surface area contributed by atoms with E-state index in [1.807, 2.05) is 0 Å². The average molecular weight is 336 g/mol. The molecule has 0 fully saturated rings. The number of hydrogen-bond donors (Lipinski definition) is 1. The van der Waals surface area contributed by atoms with E-state index in [-0.39, 0.29) is 5.56 Å². The molecular formula is C17H15ClFNO3. The molecule has 0 aromatic heterocycles. The number of nitrogens with one attached hydrogen (secondary N) is 1. The Morgan fingerprint density at radius 3 is 2.48 bits per heavy atom. The number of carbonyl (C=O) groups is 2. The molecule has 120 valence electrons. The normalized spacial score (nSPS) is 11.7. The second-order valence-corrected chi connectivity index (χ2v) is 5.36.